The molecule has 0 saturated carbocycles. The minimum atomic E-state index is -3.72. The number of fused-ring (bicyclic) bond motifs is 1. The number of hydrogen-bond acceptors (Lipinski definition) is 3. The van der Waals surface area contributed by atoms with Crippen LogP contribution in [-0.4, -0.2) is 14.3 Å². The summed E-state index contributed by atoms with van der Waals surface area (Å²) in [6.07, 6.45) is 3.28. The fraction of sp³-hybridized carbons (Fsp3) is 0.174. The van der Waals surface area contributed by atoms with Crippen molar-refractivity contribution in [2.45, 2.75) is 31.1 Å². The van der Waals surface area contributed by atoms with Gasteiger partial charge in [-0.25, -0.2) is 8.42 Å². The molecule has 5 nitrogen and oxygen atoms in total. The number of rotatable bonds is 5. The Bertz CT molecular complexity index is 1170. The summed E-state index contributed by atoms with van der Waals surface area (Å²) in [5, 5.41) is 2.90. The molecule has 0 aromatic heterocycles. The topological polar surface area (TPSA) is 75.3 Å². The van der Waals surface area contributed by atoms with E-state index in [2.05, 4.69) is 16.1 Å². The summed E-state index contributed by atoms with van der Waals surface area (Å²) >= 11 is 0. The molecule has 0 heterocycles. The smallest absolute Gasteiger partial charge is 0.261 e. The van der Waals surface area contributed by atoms with Gasteiger partial charge in [-0.15, -0.1) is 0 Å². The average molecular weight is 407 g/mol. The van der Waals surface area contributed by atoms with E-state index in [1.807, 2.05) is 19.1 Å². The molecule has 1 aliphatic carbocycles. The molecule has 29 heavy (non-hydrogen) atoms. The fourth-order valence-electron chi connectivity index (χ4n) is 3.51. The van der Waals surface area contributed by atoms with Gasteiger partial charge in [0.15, 0.2) is 0 Å². The molecule has 4 rings (SSSR count). The lowest BCUT2D eigenvalue weighted by atomic mass is 10.1. The first-order valence-corrected chi connectivity index (χ1v) is 11.0. The van der Waals surface area contributed by atoms with E-state index in [4.69, 9.17) is 0 Å². The molecular weight excluding hydrogens is 384 g/mol. The maximum atomic E-state index is 12.7. The van der Waals surface area contributed by atoms with Gasteiger partial charge in [0.1, 0.15) is 0 Å². The maximum Gasteiger partial charge on any atom is 0.261 e. The van der Waals surface area contributed by atoms with E-state index in [-0.39, 0.29) is 10.8 Å². The molecule has 1 amide bonds. The summed E-state index contributed by atoms with van der Waals surface area (Å²) in [7, 11) is -3.72. The Morgan fingerprint density at radius 2 is 1.62 bits per heavy atom. The van der Waals surface area contributed by atoms with E-state index in [1.54, 1.807) is 42.5 Å². The van der Waals surface area contributed by atoms with Gasteiger partial charge in [0.2, 0.25) is 0 Å². The molecule has 0 atom stereocenters. The quantitative estimate of drug-likeness (QED) is 0.653. The molecule has 3 aromatic rings. The number of amides is 1. The van der Waals surface area contributed by atoms with E-state index in [0.717, 1.165) is 30.5 Å². The largest absolute Gasteiger partial charge is 0.322 e. The number of sulfonamides is 1. The molecule has 3 aromatic carbocycles. The Kier molecular flexibility index (Phi) is 5.11. The second-order valence-corrected chi connectivity index (χ2v) is 8.97. The van der Waals surface area contributed by atoms with Crippen LogP contribution in [0.25, 0.3) is 0 Å². The summed E-state index contributed by atoms with van der Waals surface area (Å²) in [6, 6.07) is 19.1. The minimum Gasteiger partial charge on any atom is -0.322 e. The molecule has 0 saturated heterocycles. The monoisotopic (exact) mass is 406 g/mol. The number of hydrogen-bond donors (Lipinski definition) is 2. The molecule has 0 bridgehead atoms. The van der Waals surface area contributed by atoms with E-state index < -0.39 is 10.0 Å². The molecule has 0 aliphatic heterocycles. The van der Waals surface area contributed by atoms with Gasteiger partial charge < -0.3 is 5.32 Å². The molecule has 2 N–H and O–H groups in total. The first-order valence-electron chi connectivity index (χ1n) is 9.53. The Balaban J connectivity index is 1.51. The third-order valence-electron chi connectivity index (χ3n) is 5.06. The van der Waals surface area contributed by atoms with Crippen molar-refractivity contribution >= 4 is 27.3 Å². The van der Waals surface area contributed by atoms with Gasteiger partial charge in [-0.05, 0) is 79.8 Å². The second kappa shape index (κ2) is 7.72. The van der Waals surface area contributed by atoms with E-state index in [9.17, 15) is 13.2 Å². The summed E-state index contributed by atoms with van der Waals surface area (Å²) in [5.74, 6) is -0.278. The van der Waals surface area contributed by atoms with Gasteiger partial charge in [0.05, 0.1) is 4.90 Å². The van der Waals surface area contributed by atoms with Crippen molar-refractivity contribution in [3.8, 4) is 0 Å². The van der Waals surface area contributed by atoms with Crippen LogP contribution < -0.4 is 10.0 Å². The van der Waals surface area contributed by atoms with Crippen molar-refractivity contribution < 1.29 is 13.2 Å². The van der Waals surface area contributed by atoms with Crippen molar-refractivity contribution in [2.75, 3.05) is 10.0 Å². The third kappa shape index (κ3) is 4.32. The normalized spacial score (nSPS) is 13.0. The SMILES string of the molecule is Cc1ccc(S(=O)(=O)Nc2cccc(C(=O)Nc3ccc4c(c3)CCC4)c2)cc1. The van der Waals surface area contributed by atoms with Crippen molar-refractivity contribution in [3.05, 3.63) is 89.0 Å². The van der Waals surface area contributed by atoms with Crippen LogP contribution in [0.2, 0.25) is 0 Å². The summed E-state index contributed by atoms with van der Waals surface area (Å²) in [4.78, 5) is 12.8. The minimum absolute atomic E-state index is 0.177. The molecule has 6 heteroatoms. The van der Waals surface area contributed by atoms with Crippen LogP contribution >= 0.6 is 0 Å². The first kappa shape index (κ1) is 19.2. The molecule has 0 spiro atoms. The van der Waals surface area contributed by atoms with Crippen LogP contribution in [0.5, 0.6) is 0 Å². The molecule has 1 aliphatic rings. The van der Waals surface area contributed by atoms with E-state index in [0.29, 0.717) is 11.3 Å². The maximum absolute atomic E-state index is 12.7. The Labute approximate surface area is 170 Å². The van der Waals surface area contributed by atoms with Gasteiger partial charge in [-0.1, -0.05) is 29.8 Å². The number of benzene rings is 3. The lowest BCUT2D eigenvalue weighted by molar-refractivity contribution is 0.102. The van der Waals surface area contributed by atoms with Crippen molar-refractivity contribution in [1.29, 1.82) is 0 Å². The van der Waals surface area contributed by atoms with E-state index in [1.165, 1.54) is 17.2 Å². The highest BCUT2D eigenvalue weighted by Crippen LogP contribution is 2.25. The van der Waals surface area contributed by atoms with Gasteiger partial charge in [-0.3, -0.25) is 9.52 Å². The molecular formula is C23H22N2O3S. The second-order valence-electron chi connectivity index (χ2n) is 7.29. The van der Waals surface area contributed by atoms with Crippen molar-refractivity contribution in [1.82, 2.24) is 0 Å². The molecule has 0 fully saturated rings. The number of anilines is 2. The van der Waals surface area contributed by atoms with Gasteiger partial charge in [-0.2, -0.15) is 0 Å². The van der Waals surface area contributed by atoms with Crippen LogP contribution in [0, 0.1) is 6.92 Å². The number of carbonyl (C=O) groups excluding carboxylic acids is 1. The van der Waals surface area contributed by atoms with Crippen LogP contribution in [0.15, 0.2) is 71.6 Å². The van der Waals surface area contributed by atoms with Gasteiger partial charge in [0, 0.05) is 16.9 Å². The number of nitrogens with one attached hydrogen (secondary N) is 2. The summed E-state index contributed by atoms with van der Waals surface area (Å²) < 4.78 is 27.7. The lowest BCUT2D eigenvalue weighted by Crippen LogP contribution is -2.15. The van der Waals surface area contributed by atoms with Crippen molar-refractivity contribution in [3.63, 3.8) is 0 Å². The van der Waals surface area contributed by atoms with Crippen LogP contribution in [0.4, 0.5) is 11.4 Å². The molecule has 0 radical (unpaired) electrons. The summed E-state index contributed by atoms with van der Waals surface area (Å²) in [5.41, 5.74) is 5.08. The number of carbonyl (C=O) groups is 1. The number of aryl methyl sites for hydroxylation is 3. The first-order chi connectivity index (χ1) is 13.9. The molecule has 0 unspecified atom stereocenters. The summed E-state index contributed by atoms with van der Waals surface area (Å²) in [6.45, 7) is 1.90. The lowest BCUT2D eigenvalue weighted by Gasteiger charge is -2.11. The zero-order valence-electron chi connectivity index (χ0n) is 16.1. The Morgan fingerprint density at radius 3 is 2.41 bits per heavy atom. The zero-order chi connectivity index (χ0) is 20.4. The van der Waals surface area contributed by atoms with Crippen molar-refractivity contribution in [2.24, 2.45) is 0 Å². The fourth-order valence-corrected chi connectivity index (χ4v) is 4.56. The van der Waals surface area contributed by atoms with Crippen LogP contribution in [-0.2, 0) is 22.9 Å². The highest BCUT2D eigenvalue weighted by Gasteiger charge is 2.16. The zero-order valence-corrected chi connectivity index (χ0v) is 16.9. The molecule has 148 valence electrons. The van der Waals surface area contributed by atoms with Crippen LogP contribution in [0.3, 0.4) is 0 Å². The average Bonchev–Trinajstić information content (AvgIpc) is 3.16. The Hall–Kier alpha value is -3.12. The predicted molar refractivity (Wildman–Crippen MR) is 115 cm³/mol. The van der Waals surface area contributed by atoms with Crippen LogP contribution in [0.1, 0.15) is 33.5 Å². The van der Waals surface area contributed by atoms with E-state index >= 15 is 0 Å². The Morgan fingerprint density at radius 1 is 0.862 bits per heavy atom. The third-order valence-corrected chi connectivity index (χ3v) is 6.46. The van der Waals surface area contributed by atoms with Gasteiger partial charge >= 0.3 is 0 Å². The predicted octanol–water partition coefficient (Wildman–Crippen LogP) is 4.54. The van der Waals surface area contributed by atoms with Gasteiger partial charge in [0.25, 0.3) is 15.9 Å². The highest BCUT2D eigenvalue weighted by molar-refractivity contribution is 7.92. The highest BCUT2D eigenvalue weighted by atomic mass is 32.2. The standard InChI is InChI=1S/C23H22N2O3S/c1-16-8-12-22(13-9-16)29(27,28)25-21-7-3-6-19(15-21)23(26)24-20-11-10-17-4-2-5-18(17)14-20/h3,6-15,25H,2,4-5H2,1H3,(H,24,26).